The van der Waals surface area contributed by atoms with Crippen molar-refractivity contribution in [3.63, 3.8) is 0 Å². The van der Waals surface area contributed by atoms with E-state index in [1.54, 1.807) is 6.92 Å². The van der Waals surface area contributed by atoms with Crippen LogP contribution in [0.1, 0.15) is 33.3 Å². The molecule has 29 heavy (non-hydrogen) atoms. The monoisotopic (exact) mass is 430 g/mol. The van der Waals surface area contributed by atoms with Crippen molar-refractivity contribution in [3.05, 3.63) is 58.6 Å². The van der Waals surface area contributed by atoms with Crippen molar-refractivity contribution in [1.29, 1.82) is 0 Å². The molecule has 0 radical (unpaired) electrons. The number of rotatable bonds is 6. The molecule has 3 rings (SSSR count). The Morgan fingerprint density at radius 2 is 1.93 bits per heavy atom. The fraction of sp³-hybridized carbons (Fsp3) is 0.278. The van der Waals surface area contributed by atoms with Gasteiger partial charge in [0.05, 0.1) is 11.3 Å². The number of alkyl halides is 5. The molecule has 0 spiro atoms. The second-order valence-electron chi connectivity index (χ2n) is 6.04. The summed E-state index contributed by atoms with van der Waals surface area (Å²) in [6.07, 6.45) is -1.90. The summed E-state index contributed by atoms with van der Waals surface area (Å²) >= 11 is 1.04. The maximum atomic E-state index is 12.8. The molecule has 5 nitrogen and oxygen atoms in total. The summed E-state index contributed by atoms with van der Waals surface area (Å²) < 4.78 is 64.3. The minimum atomic E-state index is -4.43. The summed E-state index contributed by atoms with van der Waals surface area (Å²) in [6, 6.07) is 4.51. The number of halogens is 5. The summed E-state index contributed by atoms with van der Waals surface area (Å²) in [7, 11) is 0. The van der Waals surface area contributed by atoms with Crippen LogP contribution in [0, 0.1) is 6.92 Å². The van der Waals surface area contributed by atoms with Gasteiger partial charge in [-0.3, -0.25) is 9.36 Å². The Bertz CT molecular complexity index is 995. The van der Waals surface area contributed by atoms with E-state index in [9.17, 15) is 26.7 Å². The van der Waals surface area contributed by atoms with Gasteiger partial charge in [-0.05, 0) is 19.1 Å². The summed E-state index contributed by atoms with van der Waals surface area (Å²) in [5, 5.41) is 3.03. The van der Waals surface area contributed by atoms with Crippen LogP contribution in [0.25, 0.3) is 10.6 Å². The molecule has 0 saturated heterocycles. The molecule has 3 aromatic rings. The Labute approximate surface area is 166 Å². The fourth-order valence-electron chi connectivity index (χ4n) is 2.62. The highest BCUT2D eigenvalue weighted by molar-refractivity contribution is 7.17. The third kappa shape index (κ3) is 4.78. The number of thiazole rings is 1. The highest BCUT2D eigenvalue weighted by atomic mass is 32.1. The van der Waals surface area contributed by atoms with E-state index in [1.807, 2.05) is 0 Å². The van der Waals surface area contributed by atoms with Gasteiger partial charge in [0.25, 0.3) is 5.91 Å². The summed E-state index contributed by atoms with van der Waals surface area (Å²) in [6.45, 7) is -1.00. The highest BCUT2D eigenvalue weighted by Crippen LogP contribution is 2.33. The second kappa shape index (κ2) is 8.27. The van der Waals surface area contributed by atoms with Crippen LogP contribution >= 0.6 is 11.3 Å². The number of carbonyl (C=O) groups is 1. The number of imidazole rings is 1. The number of nitrogens with zero attached hydrogens (tertiary/aromatic N) is 3. The molecule has 0 fully saturated rings. The summed E-state index contributed by atoms with van der Waals surface area (Å²) in [4.78, 5) is 20.8. The van der Waals surface area contributed by atoms with E-state index in [4.69, 9.17) is 0 Å². The lowest BCUT2D eigenvalue weighted by Crippen LogP contribution is -2.26. The van der Waals surface area contributed by atoms with Gasteiger partial charge in [-0.15, -0.1) is 11.3 Å². The van der Waals surface area contributed by atoms with Crippen molar-refractivity contribution in [2.45, 2.75) is 26.1 Å². The lowest BCUT2D eigenvalue weighted by molar-refractivity contribution is -0.137. The molecule has 1 amide bonds. The van der Waals surface area contributed by atoms with E-state index in [1.165, 1.54) is 18.3 Å². The summed E-state index contributed by atoms with van der Waals surface area (Å²) in [5.41, 5.74) is 0.121. The van der Waals surface area contributed by atoms with E-state index in [0.29, 0.717) is 25.7 Å². The smallest absolute Gasteiger partial charge is 0.351 e. The molecule has 0 saturated carbocycles. The zero-order valence-corrected chi connectivity index (χ0v) is 15.8. The van der Waals surface area contributed by atoms with Crippen LogP contribution in [0.2, 0.25) is 0 Å². The van der Waals surface area contributed by atoms with Crippen LogP contribution in [0.5, 0.6) is 0 Å². The maximum Gasteiger partial charge on any atom is 0.416 e. The molecule has 0 aliphatic carbocycles. The zero-order chi connectivity index (χ0) is 21.2. The maximum absolute atomic E-state index is 12.8. The van der Waals surface area contributed by atoms with E-state index in [-0.39, 0.29) is 18.8 Å². The van der Waals surface area contributed by atoms with Crippen molar-refractivity contribution < 1.29 is 26.7 Å². The minimum Gasteiger partial charge on any atom is -0.351 e. The predicted molar refractivity (Wildman–Crippen MR) is 96.8 cm³/mol. The van der Waals surface area contributed by atoms with Crippen molar-refractivity contribution in [2.24, 2.45) is 0 Å². The first-order chi connectivity index (χ1) is 13.7. The third-order valence-electron chi connectivity index (χ3n) is 4.06. The Kier molecular flexibility index (Phi) is 5.96. The minimum absolute atomic E-state index is 0.0928. The average Bonchev–Trinajstić information content (AvgIpc) is 3.28. The van der Waals surface area contributed by atoms with Crippen LogP contribution < -0.4 is 5.32 Å². The molecule has 0 unspecified atom stereocenters. The van der Waals surface area contributed by atoms with Crippen LogP contribution in [0.15, 0.2) is 36.7 Å². The lowest BCUT2D eigenvalue weighted by atomic mass is 10.1. The van der Waals surface area contributed by atoms with Gasteiger partial charge in [0.2, 0.25) is 0 Å². The first kappa shape index (κ1) is 20.9. The predicted octanol–water partition coefficient (Wildman–Crippen LogP) is 4.70. The molecular weight excluding hydrogens is 415 g/mol. The van der Waals surface area contributed by atoms with Gasteiger partial charge in [-0.1, -0.05) is 12.1 Å². The number of amides is 1. The Hall–Kier alpha value is -2.82. The Morgan fingerprint density at radius 1 is 1.24 bits per heavy atom. The Balaban J connectivity index is 1.66. The first-order valence-electron chi connectivity index (χ1n) is 8.40. The van der Waals surface area contributed by atoms with Crippen LogP contribution in [0.4, 0.5) is 22.0 Å². The van der Waals surface area contributed by atoms with Gasteiger partial charge < -0.3 is 5.32 Å². The zero-order valence-electron chi connectivity index (χ0n) is 15.0. The number of aryl methyl sites for hydroxylation is 1. The van der Waals surface area contributed by atoms with Crippen LogP contribution in [0.3, 0.4) is 0 Å². The van der Waals surface area contributed by atoms with E-state index < -0.39 is 24.2 Å². The molecule has 0 aliphatic rings. The standard InChI is InChI=1S/C18H15F5N4OS/c1-10-14(15(28)25-7-6-13-24-8-9-27(13)17(19)20)29-16(26-10)11-2-4-12(5-3-11)18(21,22)23/h2-5,8-9,17H,6-7H2,1H3,(H,25,28). The van der Waals surface area contributed by atoms with Crippen molar-refractivity contribution in [2.75, 3.05) is 6.54 Å². The molecule has 154 valence electrons. The van der Waals surface area contributed by atoms with Gasteiger partial charge in [0.15, 0.2) is 0 Å². The molecule has 1 N–H and O–H groups in total. The number of carbonyl (C=O) groups excluding carboxylic acids is 1. The topological polar surface area (TPSA) is 59.8 Å². The van der Waals surface area contributed by atoms with E-state index in [0.717, 1.165) is 29.7 Å². The molecule has 0 atom stereocenters. The van der Waals surface area contributed by atoms with Gasteiger partial charge >= 0.3 is 12.7 Å². The normalized spacial score (nSPS) is 11.8. The fourth-order valence-corrected chi connectivity index (χ4v) is 3.60. The highest BCUT2D eigenvalue weighted by Gasteiger charge is 2.30. The molecular formula is C18H15F5N4OS. The van der Waals surface area contributed by atoms with Crippen molar-refractivity contribution in [3.8, 4) is 10.6 Å². The molecule has 0 bridgehead atoms. The second-order valence-corrected chi connectivity index (χ2v) is 7.04. The SMILES string of the molecule is Cc1nc(-c2ccc(C(F)(F)F)cc2)sc1C(=O)NCCc1nccn1C(F)F. The first-order valence-corrected chi connectivity index (χ1v) is 9.21. The average molecular weight is 430 g/mol. The quantitative estimate of drug-likeness (QED) is 0.577. The van der Waals surface area contributed by atoms with Gasteiger partial charge in [0, 0.05) is 30.9 Å². The molecule has 0 aliphatic heterocycles. The molecule has 2 aromatic heterocycles. The lowest BCUT2D eigenvalue weighted by Gasteiger charge is -2.07. The molecule has 2 heterocycles. The number of hydrogen-bond donors (Lipinski definition) is 1. The van der Waals surface area contributed by atoms with Gasteiger partial charge in [-0.2, -0.15) is 22.0 Å². The number of hydrogen-bond acceptors (Lipinski definition) is 4. The van der Waals surface area contributed by atoms with Crippen LogP contribution in [-0.2, 0) is 12.6 Å². The number of nitrogens with one attached hydrogen (secondary N) is 1. The molecule has 1 aromatic carbocycles. The number of aromatic nitrogens is 3. The number of benzene rings is 1. The molecule has 11 heteroatoms. The van der Waals surface area contributed by atoms with Gasteiger partial charge in [0.1, 0.15) is 15.7 Å². The van der Waals surface area contributed by atoms with E-state index >= 15 is 0 Å². The summed E-state index contributed by atoms with van der Waals surface area (Å²) in [5.74, 6) is -0.292. The van der Waals surface area contributed by atoms with Crippen LogP contribution in [-0.4, -0.2) is 27.0 Å². The third-order valence-corrected chi connectivity index (χ3v) is 5.26. The largest absolute Gasteiger partial charge is 0.416 e. The van der Waals surface area contributed by atoms with E-state index in [2.05, 4.69) is 15.3 Å². The Morgan fingerprint density at radius 3 is 2.55 bits per heavy atom. The van der Waals surface area contributed by atoms with Gasteiger partial charge in [-0.25, -0.2) is 9.97 Å². The van der Waals surface area contributed by atoms with Crippen molar-refractivity contribution in [1.82, 2.24) is 19.9 Å². The van der Waals surface area contributed by atoms with Crippen molar-refractivity contribution >= 4 is 17.2 Å².